The van der Waals surface area contributed by atoms with Gasteiger partial charge >= 0.3 is 0 Å². The predicted octanol–water partition coefficient (Wildman–Crippen LogP) is 12.9. The van der Waals surface area contributed by atoms with Crippen molar-refractivity contribution in [1.29, 1.82) is 0 Å². The van der Waals surface area contributed by atoms with Gasteiger partial charge in [0.1, 0.15) is 22.3 Å². The first-order valence-corrected chi connectivity index (χ1v) is 18.3. The fourth-order valence-electron chi connectivity index (χ4n) is 8.29. The summed E-state index contributed by atoms with van der Waals surface area (Å²) in [6, 6.07) is 58.6. The van der Waals surface area contributed by atoms with Gasteiger partial charge in [0.05, 0.1) is 11.0 Å². The van der Waals surface area contributed by atoms with Crippen LogP contribution >= 0.6 is 0 Å². The van der Waals surface area contributed by atoms with Gasteiger partial charge in [0.25, 0.3) is 0 Å². The summed E-state index contributed by atoms with van der Waals surface area (Å²) in [4.78, 5) is 15.4. The Labute approximate surface area is 313 Å². The van der Waals surface area contributed by atoms with Crippen molar-refractivity contribution in [3.05, 3.63) is 170 Å². The fraction of sp³-hybridized carbons (Fsp3) is 0. The van der Waals surface area contributed by atoms with E-state index in [-0.39, 0.29) is 0 Å². The average Bonchev–Trinajstić information content (AvgIpc) is 3.92. The summed E-state index contributed by atoms with van der Waals surface area (Å²) in [5.74, 6) is 1.73. The molecule has 0 amide bonds. The molecule has 0 radical (unpaired) electrons. The van der Waals surface area contributed by atoms with E-state index < -0.39 is 0 Å². The van der Waals surface area contributed by atoms with Crippen LogP contribution in [-0.4, -0.2) is 19.5 Å². The molecule has 6 nitrogen and oxygen atoms in total. The van der Waals surface area contributed by atoms with E-state index in [0.29, 0.717) is 17.5 Å². The molecule has 12 rings (SSSR count). The lowest BCUT2D eigenvalue weighted by atomic mass is 10.0. The zero-order valence-corrected chi connectivity index (χ0v) is 29.3. The highest BCUT2D eigenvalue weighted by molar-refractivity contribution is 6.12. The first-order valence-electron chi connectivity index (χ1n) is 18.3. The Kier molecular flexibility index (Phi) is 6.24. The Bertz CT molecular complexity index is 3460. The summed E-state index contributed by atoms with van der Waals surface area (Å²) in [7, 11) is 0. The second-order valence-electron chi connectivity index (χ2n) is 14.0. The molecule has 256 valence electrons. The Morgan fingerprint density at radius 3 is 1.75 bits per heavy atom. The average molecular weight is 705 g/mol. The van der Waals surface area contributed by atoms with Gasteiger partial charge in [-0.2, -0.15) is 0 Å². The van der Waals surface area contributed by atoms with E-state index in [9.17, 15) is 0 Å². The smallest absolute Gasteiger partial charge is 0.164 e. The van der Waals surface area contributed by atoms with Crippen LogP contribution in [0, 0.1) is 0 Å². The molecule has 0 N–H and O–H groups in total. The second kappa shape index (κ2) is 11.5. The third kappa shape index (κ3) is 4.58. The van der Waals surface area contributed by atoms with Crippen molar-refractivity contribution < 1.29 is 8.83 Å². The van der Waals surface area contributed by atoms with Gasteiger partial charge in [-0.25, -0.2) is 15.0 Å². The Balaban J connectivity index is 1.04. The summed E-state index contributed by atoms with van der Waals surface area (Å²) < 4.78 is 15.2. The molecule has 55 heavy (non-hydrogen) atoms. The van der Waals surface area contributed by atoms with E-state index in [0.717, 1.165) is 88.1 Å². The quantitative estimate of drug-likeness (QED) is 0.182. The van der Waals surface area contributed by atoms with Gasteiger partial charge in [-0.1, -0.05) is 109 Å². The van der Waals surface area contributed by atoms with Crippen molar-refractivity contribution in [2.75, 3.05) is 0 Å². The molecule has 0 atom stereocenters. The number of furan rings is 2. The molecule has 0 unspecified atom stereocenters. The first-order chi connectivity index (χ1) is 27.2. The van der Waals surface area contributed by atoms with Gasteiger partial charge < -0.3 is 13.4 Å². The molecule has 0 aliphatic heterocycles. The van der Waals surface area contributed by atoms with E-state index in [1.807, 2.05) is 36.4 Å². The Hall–Kier alpha value is -7.57. The van der Waals surface area contributed by atoms with Crippen LogP contribution in [0.2, 0.25) is 0 Å². The lowest BCUT2D eigenvalue weighted by molar-refractivity contribution is 0.668. The van der Waals surface area contributed by atoms with Crippen molar-refractivity contribution >= 4 is 76.5 Å². The zero-order chi connectivity index (χ0) is 36.0. The van der Waals surface area contributed by atoms with E-state index in [1.165, 1.54) is 10.8 Å². The SMILES string of the molecule is c1ccc2cc(-c3nc(-c4ccc5c(c4)oc4cc(-n6c7ccccc7c7ccccc76)ccc45)nc(-c4cccc5oc6ccccc6c45)n3)ccc2c1. The normalized spacial score (nSPS) is 12.0. The van der Waals surface area contributed by atoms with Crippen LogP contribution in [0.4, 0.5) is 0 Å². The molecule has 4 heterocycles. The van der Waals surface area contributed by atoms with E-state index in [2.05, 4.69) is 138 Å². The van der Waals surface area contributed by atoms with Crippen LogP contribution in [0.5, 0.6) is 0 Å². The standard InChI is InChI=1S/C49H28N4O2/c1-2-11-30-26-31(21-20-29(30)10-1)47-50-48(52-49(51-47)39-15-9-19-43-46(39)38-14-5-8-18-42(38)54-43)32-22-24-36-37-25-23-33(28-45(37)55-44(36)27-32)53-40-16-6-3-12-34(40)35-13-4-7-17-41(35)53/h1-28H. The van der Waals surface area contributed by atoms with Crippen molar-refractivity contribution in [3.8, 4) is 39.9 Å². The molecule has 0 fully saturated rings. The highest BCUT2D eigenvalue weighted by atomic mass is 16.3. The Morgan fingerprint density at radius 1 is 0.364 bits per heavy atom. The summed E-state index contributed by atoms with van der Waals surface area (Å²) >= 11 is 0. The highest BCUT2D eigenvalue weighted by Crippen LogP contribution is 2.39. The van der Waals surface area contributed by atoms with E-state index in [4.69, 9.17) is 23.8 Å². The number of fused-ring (bicyclic) bond motifs is 10. The van der Waals surface area contributed by atoms with Gasteiger partial charge in [-0.3, -0.25) is 0 Å². The molecule has 0 spiro atoms. The van der Waals surface area contributed by atoms with Crippen molar-refractivity contribution in [2.24, 2.45) is 0 Å². The molecule has 0 saturated heterocycles. The number of aromatic nitrogens is 4. The largest absolute Gasteiger partial charge is 0.456 e. The summed E-state index contributed by atoms with van der Waals surface area (Å²) in [6.07, 6.45) is 0. The van der Waals surface area contributed by atoms with E-state index >= 15 is 0 Å². The predicted molar refractivity (Wildman–Crippen MR) is 223 cm³/mol. The minimum absolute atomic E-state index is 0.561. The van der Waals surface area contributed by atoms with Crippen LogP contribution in [0.1, 0.15) is 0 Å². The maximum absolute atomic E-state index is 6.65. The number of rotatable bonds is 4. The summed E-state index contributed by atoms with van der Waals surface area (Å²) in [5, 5.41) is 8.82. The fourth-order valence-corrected chi connectivity index (χ4v) is 8.29. The van der Waals surface area contributed by atoms with Crippen molar-refractivity contribution in [1.82, 2.24) is 19.5 Å². The van der Waals surface area contributed by atoms with Crippen LogP contribution in [-0.2, 0) is 0 Å². The molecule has 0 aliphatic rings. The molecule has 6 heteroatoms. The third-order valence-corrected chi connectivity index (χ3v) is 10.8. The van der Waals surface area contributed by atoms with Crippen LogP contribution < -0.4 is 0 Å². The van der Waals surface area contributed by atoms with Gasteiger partial charge in [0.2, 0.25) is 0 Å². The lowest BCUT2D eigenvalue weighted by Crippen LogP contribution is -2.00. The Morgan fingerprint density at radius 2 is 0.945 bits per heavy atom. The summed E-state index contributed by atoms with van der Waals surface area (Å²) in [6.45, 7) is 0. The maximum Gasteiger partial charge on any atom is 0.164 e. The van der Waals surface area contributed by atoms with Gasteiger partial charge in [-0.05, 0) is 65.4 Å². The minimum Gasteiger partial charge on any atom is -0.456 e. The van der Waals surface area contributed by atoms with Gasteiger partial charge in [-0.15, -0.1) is 0 Å². The molecule has 0 aliphatic carbocycles. The first kappa shape index (κ1) is 29.9. The maximum atomic E-state index is 6.65. The zero-order valence-electron chi connectivity index (χ0n) is 29.3. The highest BCUT2D eigenvalue weighted by Gasteiger charge is 2.19. The topological polar surface area (TPSA) is 69.9 Å². The molecular formula is C49H28N4O2. The van der Waals surface area contributed by atoms with Gasteiger partial charge in [0.15, 0.2) is 17.5 Å². The third-order valence-electron chi connectivity index (χ3n) is 10.8. The van der Waals surface area contributed by atoms with Crippen molar-refractivity contribution in [2.45, 2.75) is 0 Å². The number of nitrogens with zero attached hydrogens (tertiary/aromatic N) is 4. The molecule has 12 aromatic rings. The minimum atomic E-state index is 0.561. The van der Waals surface area contributed by atoms with Crippen LogP contribution in [0.15, 0.2) is 179 Å². The number of benzene rings is 8. The lowest BCUT2D eigenvalue weighted by Gasteiger charge is -2.10. The summed E-state index contributed by atoms with van der Waals surface area (Å²) in [5.41, 5.74) is 9.20. The molecule has 0 saturated carbocycles. The van der Waals surface area contributed by atoms with Crippen LogP contribution in [0.25, 0.3) is 116 Å². The van der Waals surface area contributed by atoms with E-state index in [1.54, 1.807) is 0 Å². The monoisotopic (exact) mass is 704 g/mol. The second-order valence-corrected chi connectivity index (χ2v) is 14.0. The van der Waals surface area contributed by atoms with Crippen LogP contribution in [0.3, 0.4) is 0 Å². The van der Waals surface area contributed by atoms with Gasteiger partial charge in [0, 0.05) is 60.8 Å². The number of hydrogen-bond acceptors (Lipinski definition) is 5. The number of para-hydroxylation sites is 3. The molecule has 8 aromatic carbocycles. The molecule has 4 aromatic heterocycles. The molecule has 0 bridgehead atoms. The number of hydrogen-bond donors (Lipinski definition) is 0. The molecular weight excluding hydrogens is 677 g/mol. The van der Waals surface area contributed by atoms with Crippen molar-refractivity contribution in [3.63, 3.8) is 0 Å².